The second kappa shape index (κ2) is 5.61. The van der Waals surface area contributed by atoms with Gasteiger partial charge in [-0.2, -0.15) is 0 Å². The molecular weight excluding hydrogens is 316 g/mol. The minimum atomic E-state index is -2.95. The molecule has 0 heterocycles. The van der Waals surface area contributed by atoms with Gasteiger partial charge in [-0.05, 0) is 37.5 Å². The monoisotopic (exact) mass is 332 g/mol. The molecule has 0 bridgehead atoms. The summed E-state index contributed by atoms with van der Waals surface area (Å²) in [6.07, 6.45) is 4.53. The lowest BCUT2D eigenvalue weighted by atomic mass is 9.97. The molecule has 100 valence electrons. The van der Waals surface area contributed by atoms with Crippen LogP contribution in [0.2, 0.25) is 0 Å². The zero-order valence-electron chi connectivity index (χ0n) is 10.3. The average molecular weight is 333 g/mol. The fraction of sp³-hybridized carbons (Fsp3) is 0.538. The summed E-state index contributed by atoms with van der Waals surface area (Å²) in [5, 5.41) is -0.247. The van der Waals surface area contributed by atoms with Gasteiger partial charge < -0.3 is 4.74 Å². The molecule has 0 radical (unpaired) electrons. The topological polar surface area (TPSA) is 43.4 Å². The van der Waals surface area contributed by atoms with E-state index in [1.54, 1.807) is 0 Å². The van der Waals surface area contributed by atoms with Crippen molar-refractivity contribution in [2.24, 2.45) is 0 Å². The molecule has 0 aliphatic heterocycles. The van der Waals surface area contributed by atoms with Crippen molar-refractivity contribution in [1.29, 1.82) is 0 Å². The standard InChI is InChI=1S/C13H17BrO3S/c1-18(15,16)13-7-3-6-12(9-13)17-11-5-2-4-10(14)8-11/h2,4-5,8,12-13H,3,6-7,9H2,1H3. The Hall–Kier alpha value is -0.550. The molecule has 0 spiro atoms. The summed E-state index contributed by atoms with van der Waals surface area (Å²) in [5.74, 6) is 0.795. The Morgan fingerprint density at radius 2 is 2.11 bits per heavy atom. The molecule has 1 aromatic rings. The first kappa shape index (κ1) is 13.9. The second-order valence-corrected chi connectivity index (χ2v) is 8.06. The molecular formula is C13H17BrO3S. The van der Waals surface area contributed by atoms with Crippen molar-refractivity contribution < 1.29 is 13.2 Å². The number of halogens is 1. The largest absolute Gasteiger partial charge is 0.490 e. The third-order valence-corrected chi connectivity index (χ3v) is 5.41. The fourth-order valence-corrected chi connectivity index (χ4v) is 3.87. The molecule has 5 heteroatoms. The van der Waals surface area contributed by atoms with Crippen molar-refractivity contribution in [3.05, 3.63) is 28.7 Å². The van der Waals surface area contributed by atoms with Crippen LogP contribution < -0.4 is 4.74 Å². The smallest absolute Gasteiger partial charge is 0.150 e. The van der Waals surface area contributed by atoms with E-state index in [2.05, 4.69) is 15.9 Å². The van der Waals surface area contributed by atoms with Crippen molar-refractivity contribution in [1.82, 2.24) is 0 Å². The predicted molar refractivity (Wildman–Crippen MR) is 75.7 cm³/mol. The van der Waals surface area contributed by atoms with Gasteiger partial charge in [-0.25, -0.2) is 8.42 Å². The van der Waals surface area contributed by atoms with Crippen molar-refractivity contribution in [3.8, 4) is 5.75 Å². The third-order valence-electron chi connectivity index (χ3n) is 3.28. The minimum absolute atomic E-state index is 0.00720. The first-order valence-electron chi connectivity index (χ1n) is 6.06. The molecule has 2 rings (SSSR count). The van der Waals surface area contributed by atoms with E-state index in [9.17, 15) is 8.42 Å². The molecule has 0 amide bonds. The molecule has 18 heavy (non-hydrogen) atoms. The van der Waals surface area contributed by atoms with Gasteiger partial charge >= 0.3 is 0 Å². The number of hydrogen-bond donors (Lipinski definition) is 0. The van der Waals surface area contributed by atoms with E-state index < -0.39 is 9.84 Å². The summed E-state index contributed by atoms with van der Waals surface area (Å²) in [6.45, 7) is 0. The van der Waals surface area contributed by atoms with E-state index in [0.29, 0.717) is 6.42 Å². The highest BCUT2D eigenvalue weighted by Gasteiger charge is 2.29. The van der Waals surface area contributed by atoms with E-state index in [1.165, 1.54) is 6.26 Å². The van der Waals surface area contributed by atoms with Crippen LogP contribution in [-0.4, -0.2) is 26.0 Å². The summed E-state index contributed by atoms with van der Waals surface area (Å²) in [4.78, 5) is 0. The maximum atomic E-state index is 11.6. The summed E-state index contributed by atoms with van der Waals surface area (Å²) < 4.78 is 30.0. The van der Waals surface area contributed by atoms with Crippen molar-refractivity contribution in [2.75, 3.05) is 6.26 Å². The van der Waals surface area contributed by atoms with Crippen LogP contribution in [0.5, 0.6) is 5.75 Å². The van der Waals surface area contributed by atoms with Gasteiger partial charge in [0.2, 0.25) is 0 Å². The predicted octanol–water partition coefficient (Wildman–Crippen LogP) is 3.18. The molecule has 0 N–H and O–H groups in total. The number of ether oxygens (including phenoxy) is 1. The van der Waals surface area contributed by atoms with Gasteiger partial charge in [-0.1, -0.05) is 22.0 Å². The highest BCUT2D eigenvalue weighted by molar-refractivity contribution is 9.10. The van der Waals surface area contributed by atoms with Gasteiger partial charge in [0.25, 0.3) is 0 Å². The van der Waals surface area contributed by atoms with E-state index in [0.717, 1.165) is 29.5 Å². The molecule has 2 atom stereocenters. The van der Waals surface area contributed by atoms with Crippen LogP contribution in [0.25, 0.3) is 0 Å². The molecule has 3 nitrogen and oxygen atoms in total. The molecule has 1 aliphatic rings. The lowest BCUT2D eigenvalue weighted by Crippen LogP contribution is -2.33. The highest BCUT2D eigenvalue weighted by Crippen LogP contribution is 2.28. The van der Waals surface area contributed by atoms with Crippen LogP contribution in [0.3, 0.4) is 0 Å². The SMILES string of the molecule is CS(=O)(=O)C1CCCC(Oc2cccc(Br)c2)C1. The zero-order valence-corrected chi connectivity index (χ0v) is 12.7. The van der Waals surface area contributed by atoms with Gasteiger partial charge in [0.05, 0.1) is 11.4 Å². The lowest BCUT2D eigenvalue weighted by molar-refractivity contribution is 0.156. The number of rotatable bonds is 3. The van der Waals surface area contributed by atoms with Crippen molar-refractivity contribution in [3.63, 3.8) is 0 Å². The summed E-state index contributed by atoms with van der Waals surface area (Å²) in [5.41, 5.74) is 0. The summed E-state index contributed by atoms with van der Waals surface area (Å²) >= 11 is 3.39. The molecule has 1 fully saturated rings. The minimum Gasteiger partial charge on any atom is -0.490 e. The molecule has 2 unspecified atom stereocenters. The van der Waals surface area contributed by atoms with Gasteiger partial charge in [0.1, 0.15) is 15.6 Å². The Morgan fingerprint density at radius 1 is 1.33 bits per heavy atom. The van der Waals surface area contributed by atoms with Crippen LogP contribution >= 0.6 is 15.9 Å². The average Bonchev–Trinajstić information content (AvgIpc) is 2.28. The van der Waals surface area contributed by atoms with Crippen molar-refractivity contribution >= 4 is 25.8 Å². The Balaban J connectivity index is 2.02. The van der Waals surface area contributed by atoms with E-state index in [4.69, 9.17) is 4.74 Å². The normalized spacial score (nSPS) is 24.8. The first-order chi connectivity index (χ1) is 8.45. The maximum absolute atomic E-state index is 11.6. The summed E-state index contributed by atoms with van der Waals surface area (Å²) in [7, 11) is -2.95. The van der Waals surface area contributed by atoms with Crippen LogP contribution in [-0.2, 0) is 9.84 Å². The maximum Gasteiger partial charge on any atom is 0.150 e. The Labute approximate surface area is 117 Å². The van der Waals surface area contributed by atoms with E-state index >= 15 is 0 Å². The van der Waals surface area contributed by atoms with Gasteiger partial charge in [0, 0.05) is 17.1 Å². The van der Waals surface area contributed by atoms with Gasteiger partial charge in [0.15, 0.2) is 0 Å². The van der Waals surface area contributed by atoms with E-state index in [1.807, 2.05) is 24.3 Å². The molecule has 0 aromatic heterocycles. The summed E-state index contributed by atoms with van der Waals surface area (Å²) in [6, 6.07) is 7.65. The van der Waals surface area contributed by atoms with Crippen LogP contribution in [0.15, 0.2) is 28.7 Å². The third kappa shape index (κ3) is 3.72. The molecule has 0 saturated heterocycles. The Bertz CT molecular complexity index is 513. The zero-order chi connectivity index (χ0) is 13.2. The van der Waals surface area contributed by atoms with Crippen LogP contribution in [0.1, 0.15) is 25.7 Å². The number of hydrogen-bond acceptors (Lipinski definition) is 3. The van der Waals surface area contributed by atoms with Gasteiger partial charge in [-0.3, -0.25) is 0 Å². The lowest BCUT2D eigenvalue weighted by Gasteiger charge is -2.28. The van der Waals surface area contributed by atoms with Crippen molar-refractivity contribution in [2.45, 2.75) is 37.0 Å². The fourth-order valence-electron chi connectivity index (χ4n) is 2.33. The number of benzene rings is 1. The second-order valence-electron chi connectivity index (χ2n) is 4.82. The van der Waals surface area contributed by atoms with E-state index in [-0.39, 0.29) is 11.4 Å². The molecule has 1 aliphatic carbocycles. The molecule has 1 saturated carbocycles. The Morgan fingerprint density at radius 3 is 2.78 bits per heavy atom. The van der Waals surface area contributed by atoms with Crippen LogP contribution in [0.4, 0.5) is 0 Å². The number of sulfone groups is 1. The van der Waals surface area contributed by atoms with Gasteiger partial charge in [-0.15, -0.1) is 0 Å². The Kier molecular flexibility index (Phi) is 4.33. The first-order valence-corrected chi connectivity index (χ1v) is 8.81. The highest BCUT2D eigenvalue weighted by atomic mass is 79.9. The molecule has 1 aromatic carbocycles. The van der Waals surface area contributed by atoms with Crippen LogP contribution in [0, 0.1) is 0 Å². The quantitative estimate of drug-likeness (QED) is 0.853.